The number of ether oxygens (including phenoxy) is 1. The van der Waals surface area contributed by atoms with Gasteiger partial charge in [0.25, 0.3) is 0 Å². The van der Waals surface area contributed by atoms with Crippen molar-refractivity contribution in [2.24, 2.45) is 5.92 Å². The lowest BCUT2D eigenvalue weighted by Crippen LogP contribution is -2.34. The van der Waals surface area contributed by atoms with Crippen LogP contribution in [0.5, 0.6) is 0 Å². The topological polar surface area (TPSA) is 58.6 Å². The average molecular weight is 243 g/mol. The predicted molar refractivity (Wildman–Crippen MR) is 66.7 cm³/mol. The third kappa shape index (κ3) is 6.03. The molecule has 100 valence electrons. The van der Waals surface area contributed by atoms with Crippen molar-refractivity contribution in [3.63, 3.8) is 0 Å². The van der Waals surface area contributed by atoms with Gasteiger partial charge >= 0.3 is 5.97 Å². The Labute approximate surface area is 104 Å². The summed E-state index contributed by atoms with van der Waals surface area (Å²) in [6, 6.07) is 0.607. The van der Waals surface area contributed by atoms with E-state index in [9.17, 15) is 4.79 Å². The maximum absolute atomic E-state index is 11.0. The minimum absolute atomic E-state index is 0.0896. The number of rotatable bonds is 7. The summed E-state index contributed by atoms with van der Waals surface area (Å²) in [5, 5.41) is 12.2. The molecule has 1 fully saturated rings. The molecule has 4 heteroatoms. The van der Waals surface area contributed by atoms with Crippen molar-refractivity contribution >= 4 is 5.97 Å². The van der Waals surface area contributed by atoms with Gasteiger partial charge in [-0.3, -0.25) is 4.79 Å². The zero-order chi connectivity index (χ0) is 12.5. The van der Waals surface area contributed by atoms with Crippen LogP contribution in [0.1, 0.15) is 44.9 Å². The summed E-state index contributed by atoms with van der Waals surface area (Å²) >= 11 is 0. The van der Waals surface area contributed by atoms with Gasteiger partial charge in [0.05, 0.1) is 7.11 Å². The summed E-state index contributed by atoms with van der Waals surface area (Å²) in [4.78, 5) is 11.0. The van der Waals surface area contributed by atoms with Crippen LogP contribution in [0.4, 0.5) is 0 Å². The first-order valence-electron chi connectivity index (χ1n) is 6.67. The third-order valence-corrected chi connectivity index (χ3v) is 3.60. The van der Waals surface area contributed by atoms with Crippen LogP contribution in [-0.4, -0.2) is 37.4 Å². The molecule has 0 aromatic carbocycles. The minimum Gasteiger partial charge on any atom is -0.469 e. The van der Waals surface area contributed by atoms with Crippen molar-refractivity contribution in [3.8, 4) is 0 Å². The molecule has 0 unspecified atom stereocenters. The molecule has 0 heterocycles. The Kier molecular flexibility index (Phi) is 7.21. The Hall–Kier alpha value is -0.610. The monoisotopic (exact) mass is 243 g/mol. The second-order valence-electron chi connectivity index (χ2n) is 4.86. The fourth-order valence-electron chi connectivity index (χ4n) is 2.46. The van der Waals surface area contributed by atoms with Crippen molar-refractivity contribution in [2.45, 2.75) is 51.0 Å². The van der Waals surface area contributed by atoms with E-state index in [1.54, 1.807) is 0 Å². The van der Waals surface area contributed by atoms with Gasteiger partial charge in [0.2, 0.25) is 0 Å². The normalized spacial score (nSPS) is 24.6. The molecule has 2 N–H and O–H groups in total. The Balaban J connectivity index is 2.07. The van der Waals surface area contributed by atoms with E-state index in [4.69, 9.17) is 5.11 Å². The first kappa shape index (κ1) is 14.5. The number of hydrogen-bond acceptors (Lipinski definition) is 4. The number of carbonyl (C=O) groups is 1. The smallest absolute Gasteiger partial charge is 0.305 e. The molecule has 1 rings (SSSR count). The van der Waals surface area contributed by atoms with E-state index in [2.05, 4.69) is 10.1 Å². The van der Waals surface area contributed by atoms with E-state index in [0.717, 1.165) is 19.4 Å². The van der Waals surface area contributed by atoms with Crippen molar-refractivity contribution in [2.75, 3.05) is 20.3 Å². The minimum atomic E-state index is -0.0896. The van der Waals surface area contributed by atoms with Gasteiger partial charge in [-0.15, -0.1) is 0 Å². The van der Waals surface area contributed by atoms with Crippen LogP contribution in [0, 0.1) is 5.92 Å². The molecule has 4 nitrogen and oxygen atoms in total. The molecule has 0 amide bonds. The Morgan fingerprint density at radius 2 is 2.06 bits per heavy atom. The van der Waals surface area contributed by atoms with Crippen molar-refractivity contribution < 1.29 is 14.6 Å². The van der Waals surface area contributed by atoms with Gasteiger partial charge in [-0.1, -0.05) is 0 Å². The lowest BCUT2D eigenvalue weighted by atomic mass is 9.83. The highest BCUT2D eigenvalue weighted by Gasteiger charge is 2.21. The van der Waals surface area contributed by atoms with E-state index >= 15 is 0 Å². The van der Waals surface area contributed by atoms with E-state index < -0.39 is 0 Å². The van der Waals surface area contributed by atoms with Gasteiger partial charge in [0, 0.05) is 19.1 Å². The molecule has 0 saturated heterocycles. The molecule has 1 aliphatic rings. The van der Waals surface area contributed by atoms with Gasteiger partial charge in [0.1, 0.15) is 0 Å². The molecule has 0 atom stereocenters. The van der Waals surface area contributed by atoms with E-state index in [1.165, 1.54) is 32.8 Å². The average Bonchev–Trinajstić information content (AvgIpc) is 2.37. The second kappa shape index (κ2) is 8.48. The molecule has 1 saturated carbocycles. The van der Waals surface area contributed by atoms with Gasteiger partial charge in [-0.05, 0) is 51.0 Å². The van der Waals surface area contributed by atoms with Gasteiger partial charge in [0.15, 0.2) is 0 Å². The number of hydrogen-bond donors (Lipinski definition) is 2. The molecular weight excluding hydrogens is 218 g/mol. The van der Waals surface area contributed by atoms with Crippen LogP contribution in [0.3, 0.4) is 0 Å². The van der Waals surface area contributed by atoms with Gasteiger partial charge in [-0.2, -0.15) is 0 Å². The van der Waals surface area contributed by atoms with Crippen LogP contribution >= 0.6 is 0 Å². The number of nitrogens with one attached hydrogen (secondary N) is 1. The summed E-state index contributed by atoms with van der Waals surface area (Å²) < 4.78 is 4.65. The molecule has 1 aliphatic carbocycles. The summed E-state index contributed by atoms with van der Waals surface area (Å²) in [5.41, 5.74) is 0. The highest BCUT2D eigenvalue weighted by Crippen LogP contribution is 2.27. The lowest BCUT2D eigenvalue weighted by molar-refractivity contribution is -0.141. The summed E-state index contributed by atoms with van der Waals surface area (Å²) in [6.45, 7) is 1.18. The zero-order valence-corrected chi connectivity index (χ0v) is 10.8. The second-order valence-corrected chi connectivity index (χ2v) is 4.86. The summed E-state index contributed by atoms with van der Waals surface area (Å²) in [5.74, 6) is 0.596. The molecular formula is C13H25NO3. The molecule has 0 bridgehead atoms. The standard InChI is InChI=1S/C13H25NO3/c1-17-13(16)8-5-11-3-6-12(7-4-11)14-9-2-10-15/h11-12,14-15H,2-10H2,1H3. The van der Waals surface area contributed by atoms with Gasteiger partial charge < -0.3 is 15.2 Å². The Morgan fingerprint density at radius 3 is 2.65 bits per heavy atom. The first-order chi connectivity index (χ1) is 8.26. The van der Waals surface area contributed by atoms with Crippen molar-refractivity contribution in [3.05, 3.63) is 0 Å². The van der Waals surface area contributed by atoms with Crippen LogP contribution in [0.25, 0.3) is 0 Å². The highest BCUT2D eigenvalue weighted by atomic mass is 16.5. The maximum Gasteiger partial charge on any atom is 0.305 e. The van der Waals surface area contributed by atoms with Crippen LogP contribution in [0.15, 0.2) is 0 Å². The number of carbonyl (C=O) groups excluding carboxylic acids is 1. The maximum atomic E-state index is 11.0. The van der Waals surface area contributed by atoms with Crippen molar-refractivity contribution in [1.29, 1.82) is 0 Å². The number of esters is 1. The van der Waals surface area contributed by atoms with Crippen LogP contribution < -0.4 is 5.32 Å². The largest absolute Gasteiger partial charge is 0.469 e. The summed E-state index contributed by atoms with van der Waals surface area (Å²) in [6.07, 6.45) is 7.15. The fraction of sp³-hybridized carbons (Fsp3) is 0.923. The summed E-state index contributed by atoms with van der Waals surface area (Å²) in [7, 11) is 1.45. The Morgan fingerprint density at radius 1 is 1.35 bits per heavy atom. The van der Waals surface area contributed by atoms with Gasteiger partial charge in [-0.25, -0.2) is 0 Å². The van der Waals surface area contributed by atoms with Crippen LogP contribution in [0.2, 0.25) is 0 Å². The molecule has 0 aromatic heterocycles. The number of aliphatic hydroxyl groups is 1. The quantitative estimate of drug-likeness (QED) is 0.525. The molecule has 0 spiro atoms. The first-order valence-corrected chi connectivity index (χ1v) is 6.67. The molecule has 0 aliphatic heterocycles. The van der Waals surface area contributed by atoms with E-state index in [0.29, 0.717) is 18.4 Å². The lowest BCUT2D eigenvalue weighted by Gasteiger charge is -2.29. The third-order valence-electron chi connectivity index (χ3n) is 3.60. The predicted octanol–water partition coefficient (Wildman–Crippen LogP) is 1.47. The molecule has 0 aromatic rings. The van der Waals surface area contributed by atoms with E-state index in [1.807, 2.05) is 0 Å². The highest BCUT2D eigenvalue weighted by molar-refractivity contribution is 5.69. The molecule has 0 radical (unpaired) electrons. The number of aliphatic hydroxyl groups excluding tert-OH is 1. The van der Waals surface area contributed by atoms with E-state index in [-0.39, 0.29) is 12.6 Å². The van der Waals surface area contributed by atoms with Crippen LogP contribution in [-0.2, 0) is 9.53 Å². The number of methoxy groups -OCH3 is 1. The van der Waals surface area contributed by atoms with Crippen molar-refractivity contribution in [1.82, 2.24) is 5.32 Å². The Bertz CT molecular complexity index is 213. The SMILES string of the molecule is COC(=O)CCC1CCC(NCCCO)CC1. The molecule has 17 heavy (non-hydrogen) atoms. The fourth-order valence-corrected chi connectivity index (χ4v) is 2.46. The zero-order valence-electron chi connectivity index (χ0n) is 10.8.